The van der Waals surface area contributed by atoms with Crippen molar-refractivity contribution < 1.29 is 9.47 Å². The molecule has 7 heteroatoms. The smallest absolute Gasteiger partial charge is 0.174 e. The maximum Gasteiger partial charge on any atom is 0.174 e. The molecule has 0 atom stereocenters. The summed E-state index contributed by atoms with van der Waals surface area (Å²) in [7, 11) is 5.98. The number of nitrogens with zero attached hydrogens (tertiary/aromatic N) is 3. The molecule has 1 aromatic heterocycles. The number of ether oxygens (including phenoxy) is 2. The Balaban J connectivity index is 1.59. The number of hydrogen-bond donors (Lipinski definition) is 1. The van der Waals surface area contributed by atoms with Crippen molar-refractivity contribution >= 4 is 27.4 Å². The van der Waals surface area contributed by atoms with E-state index in [1.807, 2.05) is 25.3 Å². The third-order valence-corrected chi connectivity index (χ3v) is 5.94. The molecule has 0 aliphatic carbocycles. The molecule has 1 aromatic carbocycles. The lowest BCUT2D eigenvalue weighted by Gasteiger charge is -2.36. The summed E-state index contributed by atoms with van der Waals surface area (Å²) in [6, 6.07) is 8.93. The van der Waals surface area contributed by atoms with Crippen molar-refractivity contribution in [3.63, 3.8) is 0 Å². The van der Waals surface area contributed by atoms with Crippen molar-refractivity contribution in [1.82, 2.24) is 9.88 Å². The van der Waals surface area contributed by atoms with Gasteiger partial charge in [0.15, 0.2) is 11.5 Å². The highest BCUT2D eigenvalue weighted by Gasteiger charge is 2.20. The lowest BCUT2D eigenvalue weighted by atomic mass is 10.0. The highest BCUT2D eigenvalue weighted by molar-refractivity contribution is 9.10. The molecule has 2 aromatic rings. The molecule has 0 bridgehead atoms. The van der Waals surface area contributed by atoms with Gasteiger partial charge < -0.3 is 24.6 Å². The molecule has 6 nitrogen and oxygen atoms in total. The number of aromatic nitrogens is 1. The van der Waals surface area contributed by atoms with Gasteiger partial charge in [0.25, 0.3) is 0 Å². The van der Waals surface area contributed by atoms with Crippen LogP contribution < -0.4 is 19.7 Å². The molecular weight excluding hydrogens is 432 g/mol. The van der Waals surface area contributed by atoms with Crippen molar-refractivity contribution in [2.45, 2.75) is 32.4 Å². The van der Waals surface area contributed by atoms with Crippen LogP contribution in [0.25, 0.3) is 0 Å². The van der Waals surface area contributed by atoms with Crippen molar-refractivity contribution in [1.29, 1.82) is 0 Å². The topological polar surface area (TPSA) is 49.9 Å². The van der Waals surface area contributed by atoms with Gasteiger partial charge in [-0.1, -0.05) is 0 Å². The second-order valence-electron chi connectivity index (χ2n) is 7.48. The van der Waals surface area contributed by atoms with Crippen molar-refractivity contribution in [3.8, 4) is 11.5 Å². The quantitative estimate of drug-likeness (QED) is 0.627. The minimum absolute atomic E-state index is 0.592. The molecule has 1 aliphatic rings. The SMILES string of the molecule is CCOc1cc(CNc2ccc(N3CCC(N(C)C)CC3)cn2)cc(Br)c1OC. The van der Waals surface area contributed by atoms with Crippen LogP contribution >= 0.6 is 15.9 Å². The molecule has 1 fully saturated rings. The minimum Gasteiger partial charge on any atom is -0.492 e. The number of anilines is 2. The first-order valence-corrected chi connectivity index (χ1v) is 10.9. The molecule has 2 heterocycles. The average Bonchev–Trinajstić information content (AvgIpc) is 2.73. The summed E-state index contributed by atoms with van der Waals surface area (Å²) in [5.41, 5.74) is 2.29. The normalized spacial score (nSPS) is 14.9. The van der Waals surface area contributed by atoms with Gasteiger partial charge in [0.05, 0.1) is 30.1 Å². The fraction of sp³-hybridized carbons (Fsp3) is 0.500. The van der Waals surface area contributed by atoms with Gasteiger partial charge in [-0.05, 0) is 79.6 Å². The molecule has 0 spiro atoms. The Morgan fingerprint density at radius 3 is 2.59 bits per heavy atom. The second-order valence-corrected chi connectivity index (χ2v) is 8.33. The Bertz CT molecular complexity index is 790. The molecule has 29 heavy (non-hydrogen) atoms. The van der Waals surface area contributed by atoms with Crippen LogP contribution in [-0.4, -0.2) is 56.8 Å². The molecule has 158 valence electrons. The number of benzene rings is 1. The maximum atomic E-state index is 5.70. The molecule has 0 saturated carbocycles. The average molecular weight is 463 g/mol. The number of nitrogens with one attached hydrogen (secondary N) is 1. The molecule has 3 rings (SSSR count). The zero-order chi connectivity index (χ0) is 20.8. The number of pyridine rings is 1. The van der Waals surface area contributed by atoms with E-state index in [2.05, 4.69) is 62.3 Å². The predicted octanol–water partition coefficient (Wildman–Crippen LogP) is 4.39. The zero-order valence-electron chi connectivity index (χ0n) is 17.7. The van der Waals surface area contributed by atoms with Gasteiger partial charge in [-0.25, -0.2) is 4.98 Å². The Morgan fingerprint density at radius 2 is 2.00 bits per heavy atom. The fourth-order valence-corrected chi connectivity index (χ4v) is 4.35. The maximum absolute atomic E-state index is 5.70. The van der Waals surface area contributed by atoms with Gasteiger partial charge in [0.2, 0.25) is 0 Å². The standard InChI is InChI=1S/C22H31BrN4O2/c1-5-29-20-13-16(12-19(23)22(20)28-4)14-24-21-7-6-18(15-25-21)27-10-8-17(9-11-27)26(2)3/h6-7,12-13,15,17H,5,8-11,14H2,1-4H3,(H,24,25). The van der Waals surface area contributed by atoms with Gasteiger partial charge in [-0.2, -0.15) is 0 Å². The van der Waals surface area contributed by atoms with Crippen LogP contribution in [0.4, 0.5) is 11.5 Å². The van der Waals surface area contributed by atoms with Crippen LogP contribution in [0.1, 0.15) is 25.3 Å². The molecule has 0 radical (unpaired) electrons. The molecule has 1 aliphatic heterocycles. The van der Waals surface area contributed by atoms with Gasteiger partial charge in [0.1, 0.15) is 5.82 Å². The lowest BCUT2D eigenvalue weighted by Crippen LogP contribution is -2.42. The lowest BCUT2D eigenvalue weighted by molar-refractivity contribution is 0.249. The Kier molecular flexibility index (Phi) is 7.61. The first-order valence-electron chi connectivity index (χ1n) is 10.1. The van der Waals surface area contributed by atoms with Crippen LogP contribution in [-0.2, 0) is 6.54 Å². The summed E-state index contributed by atoms with van der Waals surface area (Å²) in [6.45, 7) is 5.37. The van der Waals surface area contributed by atoms with E-state index in [1.165, 1.54) is 18.5 Å². The number of halogens is 1. The van der Waals surface area contributed by atoms with E-state index < -0.39 is 0 Å². The van der Waals surface area contributed by atoms with E-state index >= 15 is 0 Å². The highest BCUT2D eigenvalue weighted by atomic mass is 79.9. The van der Waals surface area contributed by atoms with Crippen molar-refractivity contribution in [3.05, 3.63) is 40.5 Å². The number of piperidine rings is 1. The Morgan fingerprint density at radius 1 is 1.24 bits per heavy atom. The van der Waals surface area contributed by atoms with E-state index in [9.17, 15) is 0 Å². The van der Waals surface area contributed by atoms with E-state index in [1.54, 1.807) is 7.11 Å². The largest absolute Gasteiger partial charge is 0.492 e. The summed E-state index contributed by atoms with van der Waals surface area (Å²) < 4.78 is 12.0. The van der Waals surface area contributed by atoms with Gasteiger partial charge in [0, 0.05) is 25.7 Å². The van der Waals surface area contributed by atoms with E-state index in [0.717, 1.165) is 40.4 Å². The Hall–Kier alpha value is -1.99. The summed E-state index contributed by atoms with van der Waals surface area (Å²) in [5, 5.41) is 3.39. The third kappa shape index (κ3) is 5.54. The van der Waals surface area contributed by atoms with Gasteiger partial charge in [-0.3, -0.25) is 0 Å². The molecule has 1 N–H and O–H groups in total. The molecule has 0 amide bonds. The van der Waals surface area contributed by atoms with Gasteiger partial charge in [-0.15, -0.1) is 0 Å². The van der Waals surface area contributed by atoms with Crippen LogP contribution in [0.3, 0.4) is 0 Å². The van der Waals surface area contributed by atoms with Crippen LogP contribution in [0.5, 0.6) is 11.5 Å². The predicted molar refractivity (Wildman–Crippen MR) is 122 cm³/mol. The number of hydrogen-bond acceptors (Lipinski definition) is 6. The fourth-order valence-electron chi connectivity index (χ4n) is 3.70. The summed E-state index contributed by atoms with van der Waals surface area (Å²) >= 11 is 3.56. The van der Waals surface area contributed by atoms with Crippen molar-refractivity contribution in [2.75, 3.05) is 51.1 Å². The molecule has 0 unspecified atom stereocenters. The van der Waals surface area contributed by atoms with E-state index in [-0.39, 0.29) is 0 Å². The van der Waals surface area contributed by atoms with Crippen LogP contribution in [0.15, 0.2) is 34.9 Å². The number of methoxy groups -OCH3 is 1. The van der Waals surface area contributed by atoms with Crippen LogP contribution in [0, 0.1) is 0 Å². The van der Waals surface area contributed by atoms with Gasteiger partial charge >= 0.3 is 0 Å². The molecular formula is C22H31BrN4O2. The zero-order valence-corrected chi connectivity index (χ0v) is 19.3. The number of rotatable bonds is 8. The van der Waals surface area contributed by atoms with Crippen molar-refractivity contribution in [2.24, 2.45) is 0 Å². The van der Waals surface area contributed by atoms with E-state index in [0.29, 0.717) is 19.2 Å². The second kappa shape index (κ2) is 10.2. The summed E-state index contributed by atoms with van der Waals surface area (Å²) in [6.07, 6.45) is 4.36. The first-order chi connectivity index (χ1) is 14.0. The monoisotopic (exact) mass is 462 g/mol. The highest BCUT2D eigenvalue weighted by Crippen LogP contribution is 2.36. The minimum atomic E-state index is 0.592. The Labute approximate surface area is 182 Å². The molecule has 1 saturated heterocycles. The summed E-state index contributed by atoms with van der Waals surface area (Å²) in [5.74, 6) is 2.32. The summed E-state index contributed by atoms with van der Waals surface area (Å²) in [4.78, 5) is 9.36. The van der Waals surface area contributed by atoms with E-state index in [4.69, 9.17) is 9.47 Å². The first kappa shape index (κ1) is 21.7. The van der Waals surface area contributed by atoms with Crippen LogP contribution in [0.2, 0.25) is 0 Å². The third-order valence-electron chi connectivity index (χ3n) is 5.35.